The zero-order valence-corrected chi connectivity index (χ0v) is 16.5. The van der Waals surface area contributed by atoms with E-state index in [1.807, 2.05) is 25.1 Å². The topological polar surface area (TPSA) is 100 Å². The van der Waals surface area contributed by atoms with Crippen LogP contribution in [0.4, 0.5) is 5.69 Å². The van der Waals surface area contributed by atoms with Gasteiger partial charge in [-0.1, -0.05) is 12.1 Å². The van der Waals surface area contributed by atoms with Crippen molar-refractivity contribution in [2.75, 3.05) is 12.5 Å². The van der Waals surface area contributed by atoms with Gasteiger partial charge in [-0.25, -0.2) is 0 Å². The molecule has 1 heterocycles. The molecule has 0 atom stereocenters. The SMILES string of the molecule is COc1ccc2c(c1)C(=O)C(=NNc1cc(Cc3cc(O)ccc3O)ccc1C)O2. The molecule has 0 amide bonds. The summed E-state index contributed by atoms with van der Waals surface area (Å²) in [5.74, 6) is 0.836. The van der Waals surface area contributed by atoms with Gasteiger partial charge in [0.15, 0.2) is 0 Å². The van der Waals surface area contributed by atoms with Crippen molar-refractivity contribution in [3.63, 3.8) is 0 Å². The van der Waals surface area contributed by atoms with E-state index in [-0.39, 0.29) is 23.2 Å². The highest BCUT2D eigenvalue weighted by Gasteiger charge is 2.29. The van der Waals surface area contributed by atoms with Crippen LogP contribution in [0.15, 0.2) is 59.7 Å². The molecule has 3 aromatic carbocycles. The highest BCUT2D eigenvalue weighted by atomic mass is 16.5. The molecule has 3 N–H and O–H groups in total. The van der Waals surface area contributed by atoms with Gasteiger partial charge in [-0.05, 0) is 60.5 Å². The lowest BCUT2D eigenvalue weighted by Crippen LogP contribution is -2.14. The average Bonchev–Trinajstić information content (AvgIpc) is 3.06. The number of aryl methyl sites for hydroxylation is 1. The van der Waals surface area contributed by atoms with Crippen molar-refractivity contribution < 1.29 is 24.5 Å². The van der Waals surface area contributed by atoms with E-state index in [4.69, 9.17) is 9.47 Å². The summed E-state index contributed by atoms with van der Waals surface area (Å²) in [5.41, 5.74) is 6.43. The summed E-state index contributed by atoms with van der Waals surface area (Å²) in [6.45, 7) is 1.91. The number of fused-ring (bicyclic) bond motifs is 1. The summed E-state index contributed by atoms with van der Waals surface area (Å²) in [6, 6.07) is 15.1. The molecular formula is C23H20N2O5. The van der Waals surface area contributed by atoms with Crippen LogP contribution in [0.25, 0.3) is 0 Å². The maximum Gasteiger partial charge on any atom is 0.285 e. The standard InChI is InChI=1S/C23H20N2O5/c1-13-3-4-14(9-15-11-16(26)5-7-20(15)27)10-19(13)24-25-23-22(28)18-12-17(29-2)6-8-21(18)30-23/h3-8,10-12,24,26-27H,9H2,1-2H3. The zero-order chi connectivity index (χ0) is 21.3. The highest BCUT2D eigenvalue weighted by molar-refractivity contribution is 6.46. The predicted molar refractivity (Wildman–Crippen MR) is 113 cm³/mol. The molecule has 7 heteroatoms. The van der Waals surface area contributed by atoms with E-state index >= 15 is 0 Å². The number of aromatic hydroxyl groups is 2. The molecule has 152 valence electrons. The number of phenols is 2. The van der Waals surface area contributed by atoms with Crippen LogP contribution < -0.4 is 14.9 Å². The molecule has 0 aromatic heterocycles. The van der Waals surface area contributed by atoms with E-state index in [2.05, 4.69) is 10.5 Å². The Kier molecular flexibility index (Phi) is 5.02. The van der Waals surface area contributed by atoms with Crippen molar-refractivity contribution in [2.24, 2.45) is 5.10 Å². The normalized spacial score (nSPS) is 13.8. The van der Waals surface area contributed by atoms with Gasteiger partial charge >= 0.3 is 0 Å². The lowest BCUT2D eigenvalue weighted by molar-refractivity contribution is 0.106. The lowest BCUT2D eigenvalue weighted by atomic mass is 10.0. The molecular weight excluding hydrogens is 384 g/mol. The molecule has 0 spiro atoms. The molecule has 0 bridgehead atoms. The predicted octanol–water partition coefficient (Wildman–Crippen LogP) is 4.01. The van der Waals surface area contributed by atoms with Crippen molar-refractivity contribution in [1.29, 1.82) is 0 Å². The second-order valence-corrected chi connectivity index (χ2v) is 6.96. The minimum absolute atomic E-state index is 0.0475. The number of rotatable bonds is 5. The smallest absolute Gasteiger partial charge is 0.285 e. The van der Waals surface area contributed by atoms with Gasteiger partial charge in [-0.3, -0.25) is 10.2 Å². The first-order valence-electron chi connectivity index (χ1n) is 9.29. The fraction of sp³-hybridized carbons (Fsp3) is 0.130. The molecule has 1 aliphatic rings. The number of hydrazone groups is 1. The van der Waals surface area contributed by atoms with Gasteiger partial charge in [0.25, 0.3) is 11.7 Å². The Labute approximate surface area is 173 Å². The average molecular weight is 404 g/mol. The first kappa shape index (κ1) is 19.3. The molecule has 0 radical (unpaired) electrons. The van der Waals surface area contributed by atoms with Gasteiger partial charge in [-0.15, -0.1) is 5.10 Å². The van der Waals surface area contributed by atoms with Gasteiger partial charge in [0.1, 0.15) is 23.0 Å². The van der Waals surface area contributed by atoms with Crippen molar-refractivity contribution in [3.8, 4) is 23.0 Å². The second-order valence-electron chi connectivity index (χ2n) is 6.96. The molecule has 7 nitrogen and oxygen atoms in total. The van der Waals surface area contributed by atoms with Crippen LogP contribution in [-0.4, -0.2) is 29.0 Å². The summed E-state index contributed by atoms with van der Waals surface area (Å²) in [5, 5.41) is 23.8. The highest BCUT2D eigenvalue weighted by Crippen LogP contribution is 2.30. The summed E-state index contributed by atoms with van der Waals surface area (Å²) in [6.07, 6.45) is 0.423. The van der Waals surface area contributed by atoms with Crippen molar-refractivity contribution in [1.82, 2.24) is 0 Å². The first-order valence-corrected chi connectivity index (χ1v) is 9.29. The largest absolute Gasteiger partial charge is 0.508 e. The van der Waals surface area contributed by atoms with E-state index in [0.717, 1.165) is 11.1 Å². The third-order valence-electron chi connectivity index (χ3n) is 4.87. The van der Waals surface area contributed by atoms with E-state index in [1.165, 1.54) is 25.3 Å². The van der Waals surface area contributed by atoms with Crippen LogP contribution in [0.2, 0.25) is 0 Å². The van der Waals surface area contributed by atoms with Gasteiger partial charge < -0.3 is 19.7 Å². The molecule has 0 aliphatic carbocycles. The third kappa shape index (κ3) is 3.77. The Balaban J connectivity index is 1.54. The number of hydrogen-bond acceptors (Lipinski definition) is 7. The van der Waals surface area contributed by atoms with Crippen LogP contribution in [0.3, 0.4) is 0 Å². The minimum atomic E-state index is -0.324. The zero-order valence-electron chi connectivity index (χ0n) is 16.5. The van der Waals surface area contributed by atoms with Crippen LogP contribution >= 0.6 is 0 Å². The van der Waals surface area contributed by atoms with Crippen LogP contribution in [0.5, 0.6) is 23.0 Å². The van der Waals surface area contributed by atoms with Gasteiger partial charge in [-0.2, -0.15) is 0 Å². The van der Waals surface area contributed by atoms with Crippen molar-refractivity contribution in [3.05, 3.63) is 76.9 Å². The molecule has 3 aromatic rings. The number of nitrogens with one attached hydrogen (secondary N) is 1. The van der Waals surface area contributed by atoms with E-state index in [1.54, 1.807) is 18.2 Å². The summed E-state index contributed by atoms with van der Waals surface area (Å²) in [7, 11) is 1.53. The summed E-state index contributed by atoms with van der Waals surface area (Å²) in [4.78, 5) is 12.5. The van der Waals surface area contributed by atoms with E-state index < -0.39 is 0 Å². The van der Waals surface area contributed by atoms with Crippen LogP contribution in [0.1, 0.15) is 27.0 Å². The fourth-order valence-corrected chi connectivity index (χ4v) is 3.19. The Bertz CT molecular complexity index is 1170. The number of ether oxygens (including phenoxy) is 2. The van der Waals surface area contributed by atoms with Gasteiger partial charge in [0.05, 0.1) is 18.4 Å². The molecule has 4 rings (SSSR count). The Morgan fingerprint density at radius 1 is 1.07 bits per heavy atom. The summed E-state index contributed by atoms with van der Waals surface area (Å²) < 4.78 is 10.7. The van der Waals surface area contributed by atoms with Crippen molar-refractivity contribution >= 4 is 17.4 Å². The van der Waals surface area contributed by atoms with Gasteiger partial charge in [0, 0.05) is 12.0 Å². The summed E-state index contributed by atoms with van der Waals surface area (Å²) >= 11 is 0. The van der Waals surface area contributed by atoms with Crippen LogP contribution in [0, 0.1) is 6.92 Å². The third-order valence-corrected chi connectivity index (χ3v) is 4.87. The maximum absolute atomic E-state index is 12.5. The number of ketones is 1. The monoisotopic (exact) mass is 404 g/mol. The Hall–Kier alpha value is -4.00. The number of anilines is 1. The Morgan fingerprint density at radius 2 is 1.90 bits per heavy atom. The van der Waals surface area contributed by atoms with Crippen LogP contribution in [-0.2, 0) is 6.42 Å². The number of methoxy groups -OCH3 is 1. The fourth-order valence-electron chi connectivity index (χ4n) is 3.19. The molecule has 0 saturated heterocycles. The molecule has 1 aliphatic heterocycles. The molecule has 0 unspecified atom stereocenters. The van der Waals surface area contributed by atoms with Gasteiger partial charge in [0.2, 0.25) is 0 Å². The maximum atomic E-state index is 12.5. The minimum Gasteiger partial charge on any atom is -0.508 e. The quantitative estimate of drug-likeness (QED) is 0.439. The number of nitrogens with zero attached hydrogens (tertiary/aromatic N) is 1. The lowest BCUT2D eigenvalue weighted by Gasteiger charge is -2.10. The molecule has 0 fully saturated rings. The number of carbonyl (C=O) groups is 1. The molecule has 0 saturated carbocycles. The number of carbonyl (C=O) groups excluding carboxylic acids is 1. The number of hydrogen-bond donors (Lipinski definition) is 3. The molecule has 30 heavy (non-hydrogen) atoms. The van der Waals surface area contributed by atoms with E-state index in [9.17, 15) is 15.0 Å². The number of phenolic OH excluding ortho intramolecular Hbond substituents is 2. The van der Waals surface area contributed by atoms with Crippen molar-refractivity contribution in [2.45, 2.75) is 13.3 Å². The Morgan fingerprint density at radius 3 is 2.70 bits per heavy atom. The first-order chi connectivity index (χ1) is 14.4. The number of Topliss-reactive ketones (excluding diaryl/α,β-unsaturated/α-hetero) is 1. The number of benzene rings is 3. The second kappa shape index (κ2) is 7.79. The van der Waals surface area contributed by atoms with E-state index in [0.29, 0.717) is 34.7 Å².